The lowest BCUT2D eigenvalue weighted by Gasteiger charge is -2.21. The Bertz CT molecular complexity index is 549. The highest BCUT2D eigenvalue weighted by atomic mass is 16.4. The predicted octanol–water partition coefficient (Wildman–Crippen LogP) is 1.81. The summed E-state index contributed by atoms with van der Waals surface area (Å²) >= 11 is 0. The molecule has 126 valence electrons. The third kappa shape index (κ3) is 7.44. The number of hydrogen-bond acceptors (Lipinski definition) is 3. The lowest BCUT2D eigenvalue weighted by Crippen LogP contribution is -2.45. The van der Waals surface area contributed by atoms with Crippen molar-refractivity contribution >= 4 is 17.8 Å². The first-order valence-corrected chi connectivity index (χ1v) is 7.54. The minimum Gasteiger partial charge on any atom is -0.480 e. The van der Waals surface area contributed by atoms with E-state index < -0.39 is 17.9 Å². The van der Waals surface area contributed by atoms with Crippen LogP contribution in [0, 0.1) is 5.41 Å². The lowest BCUT2D eigenvalue weighted by atomic mass is 9.88. The van der Waals surface area contributed by atoms with Crippen molar-refractivity contribution in [2.75, 3.05) is 6.54 Å². The zero-order chi connectivity index (χ0) is 17.5. The highest BCUT2D eigenvalue weighted by molar-refractivity contribution is 5.96. The molecule has 2 amide bonds. The third-order valence-electron chi connectivity index (χ3n) is 3.26. The fraction of sp³-hybridized carbons (Fsp3) is 0.471. The highest BCUT2D eigenvalue weighted by Gasteiger charge is 2.22. The predicted molar refractivity (Wildman–Crippen MR) is 87.0 cm³/mol. The van der Waals surface area contributed by atoms with Gasteiger partial charge in [-0.1, -0.05) is 39.0 Å². The fourth-order valence-corrected chi connectivity index (χ4v) is 1.93. The van der Waals surface area contributed by atoms with Gasteiger partial charge in [0.15, 0.2) is 0 Å². The van der Waals surface area contributed by atoms with E-state index >= 15 is 0 Å². The molecule has 6 heteroatoms. The molecule has 0 heterocycles. The minimum atomic E-state index is -1.07. The summed E-state index contributed by atoms with van der Waals surface area (Å²) in [5, 5.41) is 14.1. The lowest BCUT2D eigenvalue weighted by molar-refractivity contribution is -0.142. The van der Waals surface area contributed by atoms with Crippen LogP contribution < -0.4 is 10.6 Å². The molecule has 0 aliphatic carbocycles. The zero-order valence-corrected chi connectivity index (χ0v) is 13.8. The van der Waals surface area contributed by atoms with Crippen molar-refractivity contribution < 1.29 is 19.5 Å². The second-order valence-electron chi connectivity index (χ2n) is 6.61. The van der Waals surface area contributed by atoms with E-state index in [0.717, 1.165) is 0 Å². The Hall–Kier alpha value is -2.37. The molecule has 1 aromatic rings. The minimum absolute atomic E-state index is 0.0139. The Labute approximate surface area is 136 Å². The number of benzene rings is 1. The molecule has 1 rings (SSSR count). The van der Waals surface area contributed by atoms with Crippen molar-refractivity contribution in [2.24, 2.45) is 5.41 Å². The van der Waals surface area contributed by atoms with E-state index in [4.69, 9.17) is 0 Å². The van der Waals surface area contributed by atoms with Crippen LogP contribution in [0.15, 0.2) is 30.3 Å². The molecule has 0 fully saturated rings. The van der Waals surface area contributed by atoms with Gasteiger partial charge in [-0.25, -0.2) is 4.79 Å². The van der Waals surface area contributed by atoms with Crippen LogP contribution >= 0.6 is 0 Å². The van der Waals surface area contributed by atoms with Crippen molar-refractivity contribution in [3.05, 3.63) is 35.9 Å². The molecule has 0 saturated heterocycles. The largest absolute Gasteiger partial charge is 0.480 e. The first kappa shape index (κ1) is 18.7. The molecule has 0 spiro atoms. The Morgan fingerprint density at radius 3 is 2.26 bits per heavy atom. The van der Waals surface area contributed by atoms with Crippen LogP contribution in [0.1, 0.15) is 44.0 Å². The number of rotatable bonds is 7. The maximum atomic E-state index is 11.8. The number of carbonyl (C=O) groups is 3. The molecule has 1 unspecified atom stereocenters. The van der Waals surface area contributed by atoms with Crippen LogP contribution in [-0.2, 0) is 9.59 Å². The average molecular weight is 320 g/mol. The molecule has 1 aromatic carbocycles. The van der Waals surface area contributed by atoms with E-state index in [1.807, 2.05) is 20.8 Å². The van der Waals surface area contributed by atoms with E-state index in [2.05, 4.69) is 10.6 Å². The van der Waals surface area contributed by atoms with Gasteiger partial charge >= 0.3 is 5.97 Å². The van der Waals surface area contributed by atoms with Crippen LogP contribution in [0.4, 0.5) is 0 Å². The summed E-state index contributed by atoms with van der Waals surface area (Å²) < 4.78 is 0. The summed E-state index contributed by atoms with van der Waals surface area (Å²) in [5.74, 6) is -1.96. The smallest absolute Gasteiger partial charge is 0.326 e. The zero-order valence-electron chi connectivity index (χ0n) is 13.8. The molecular weight excluding hydrogens is 296 g/mol. The van der Waals surface area contributed by atoms with Gasteiger partial charge in [0.1, 0.15) is 6.04 Å². The van der Waals surface area contributed by atoms with Crippen molar-refractivity contribution in [1.82, 2.24) is 10.6 Å². The second kappa shape index (κ2) is 8.31. The third-order valence-corrected chi connectivity index (χ3v) is 3.26. The number of nitrogens with one attached hydrogen (secondary N) is 2. The van der Waals surface area contributed by atoms with Gasteiger partial charge in [-0.05, 0) is 30.4 Å². The maximum Gasteiger partial charge on any atom is 0.326 e. The first-order valence-electron chi connectivity index (χ1n) is 7.54. The summed E-state index contributed by atoms with van der Waals surface area (Å²) in [6, 6.07) is 7.56. The van der Waals surface area contributed by atoms with Crippen molar-refractivity contribution in [3.63, 3.8) is 0 Å². The van der Waals surface area contributed by atoms with Crippen molar-refractivity contribution in [1.29, 1.82) is 0 Å². The number of amides is 2. The Morgan fingerprint density at radius 1 is 1.13 bits per heavy atom. The van der Waals surface area contributed by atoms with Crippen LogP contribution in [-0.4, -0.2) is 35.5 Å². The van der Waals surface area contributed by atoms with Crippen molar-refractivity contribution in [2.45, 2.75) is 39.7 Å². The van der Waals surface area contributed by atoms with Gasteiger partial charge in [-0.2, -0.15) is 0 Å². The molecule has 1 atom stereocenters. The van der Waals surface area contributed by atoms with E-state index in [-0.39, 0.29) is 17.9 Å². The standard InChI is InChI=1S/C17H24N2O4/c1-17(2,3)10-9-13(16(22)23)19-14(20)11-18-15(21)12-7-5-4-6-8-12/h4-8,13H,9-11H2,1-3H3,(H,18,21)(H,19,20)(H,22,23). The highest BCUT2D eigenvalue weighted by Crippen LogP contribution is 2.21. The summed E-state index contributed by atoms with van der Waals surface area (Å²) in [6.07, 6.45) is 1.01. The normalized spacial score (nSPS) is 12.3. The van der Waals surface area contributed by atoms with Crippen molar-refractivity contribution in [3.8, 4) is 0 Å². The van der Waals surface area contributed by atoms with Gasteiger partial charge in [0.2, 0.25) is 5.91 Å². The Morgan fingerprint density at radius 2 is 1.74 bits per heavy atom. The van der Waals surface area contributed by atoms with Gasteiger partial charge in [0.05, 0.1) is 6.54 Å². The van der Waals surface area contributed by atoms with E-state index in [0.29, 0.717) is 18.4 Å². The molecule has 0 aromatic heterocycles. The number of carboxylic acids is 1. The van der Waals surface area contributed by atoms with Gasteiger partial charge in [0.25, 0.3) is 5.91 Å². The Kier molecular flexibility index (Phi) is 6.75. The van der Waals surface area contributed by atoms with Gasteiger partial charge in [-0.3, -0.25) is 9.59 Å². The molecular formula is C17H24N2O4. The SMILES string of the molecule is CC(C)(C)CCC(NC(=O)CNC(=O)c1ccccc1)C(=O)O. The number of aliphatic carboxylic acids is 1. The second-order valence-corrected chi connectivity index (χ2v) is 6.61. The molecule has 3 N–H and O–H groups in total. The molecule has 23 heavy (non-hydrogen) atoms. The van der Waals surface area contributed by atoms with E-state index in [9.17, 15) is 19.5 Å². The molecule has 0 saturated carbocycles. The van der Waals surface area contributed by atoms with Gasteiger partial charge in [-0.15, -0.1) is 0 Å². The molecule has 0 bridgehead atoms. The van der Waals surface area contributed by atoms with Crippen LogP contribution in [0.3, 0.4) is 0 Å². The average Bonchev–Trinajstić information content (AvgIpc) is 2.48. The van der Waals surface area contributed by atoms with E-state index in [1.165, 1.54) is 0 Å². The van der Waals surface area contributed by atoms with E-state index in [1.54, 1.807) is 30.3 Å². The number of carboxylic acid groups (broad SMARTS) is 1. The molecule has 6 nitrogen and oxygen atoms in total. The molecule has 0 aliphatic heterocycles. The van der Waals surface area contributed by atoms with Crippen LogP contribution in [0.2, 0.25) is 0 Å². The number of carbonyl (C=O) groups excluding carboxylic acids is 2. The van der Waals surface area contributed by atoms with Crippen LogP contribution in [0.5, 0.6) is 0 Å². The first-order chi connectivity index (χ1) is 10.7. The summed E-state index contributed by atoms with van der Waals surface area (Å²) in [5.41, 5.74) is 0.433. The molecule has 0 aliphatic rings. The van der Waals surface area contributed by atoms with Crippen LogP contribution in [0.25, 0.3) is 0 Å². The number of hydrogen-bond donors (Lipinski definition) is 3. The van der Waals surface area contributed by atoms with Gasteiger partial charge in [0, 0.05) is 5.56 Å². The Balaban J connectivity index is 2.47. The summed E-state index contributed by atoms with van der Waals surface area (Å²) in [4.78, 5) is 34.9. The topological polar surface area (TPSA) is 95.5 Å². The fourth-order valence-electron chi connectivity index (χ4n) is 1.93. The summed E-state index contributed by atoms with van der Waals surface area (Å²) in [6.45, 7) is 5.77. The monoisotopic (exact) mass is 320 g/mol. The maximum absolute atomic E-state index is 11.8. The van der Waals surface area contributed by atoms with Gasteiger partial charge < -0.3 is 15.7 Å². The molecule has 0 radical (unpaired) electrons. The quantitative estimate of drug-likeness (QED) is 0.714. The summed E-state index contributed by atoms with van der Waals surface area (Å²) in [7, 11) is 0.